The van der Waals surface area contributed by atoms with Gasteiger partial charge in [-0.25, -0.2) is 4.79 Å². The molecular weight excluding hydrogens is 254 g/mol. The quantitative estimate of drug-likeness (QED) is 0.827. The topological polar surface area (TPSA) is 53.6 Å². The van der Waals surface area contributed by atoms with Gasteiger partial charge in [0.1, 0.15) is 0 Å². The van der Waals surface area contributed by atoms with Gasteiger partial charge < -0.3 is 15.4 Å². The van der Waals surface area contributed by atoms with Crippen molar-refractivity contribution in [3.63, 3.8) is 0 Å². The maximum absolute atomic E-state index is 11.7. The molecule has 0 aromatic heterocycles. The first kappa shape index (κ1) is 15.6. The van der Waals surface area contributed by atoms with Crippen LogP contribution in [0, 0.1) is 5.92 Å². The fourth-order valence-corrected chi connectivity index (χ4v) is 2.95. The van der Waals surface area contributed by atoms with Gasteiger partial charge in [0.2, 0.25) is 0 Å². The predicted molar refractivity (Wildman–Crippen MR) is 79.8 cm³/mol. The van der Waals surface area contributed by atoms with Gasteiger partial charge >= 0.3 is 6.03 Å². The maximum Gasteiger partial charge on any atom is 0.315 e. The highest BCUT2D eigenvalue weighted by atomic mass is 16.5. The molecule has 0 radical (unpaired) electrons. The van der Waals surface area contributed by atoms with Crippen molar-refractivity contribution in [1.29, 1.82) is 0 Å². The van der Waals surface area contributed by atoms with Gasteiger partial charge in [-0.15, -0.1) is 0 Å². The smallest absolute Gasteiger partial charge is 0.315 e. The number of ether oxygens (including phenoxy) is 1. The minimum Gasteiger partial charge on any atom is -0.380 e. The second-order valence-corrected chi connectivity index (χ2v) is 7.08. The third kappa shape index (κ3) is 4.94. The first-order chi connectivity index (χ1) is 9.44. The summed E-state index contributed by atoms with van der Waals surface area (Å²) < 4.78 is 5.46. The summed E-state index contributed by atoms with van der Waals surface area (Å²) in [6.45, 7) is 10.9. The monoisotopic (exact) mass is 283 g/mol. The van der Waals surface area contributed by atoms with E-state index >= 15 is 0 Å². The zero-order valence-electron chi connectivity index (χ0n) is 13.1. The van der Waals surface area contributed by atoms with E-state index in [-0.39, 0.29) is 11.6 Å². The van der Waals surface area contributed by atoms with Gasteiger partial charge in [0.25, 0.3) is 0 Å². The summed E-state index contributed by atoms with van der Waals surface area (Å²) in [5, 5.41) is 5.94. The molecule has 2 rings (SSSR count). The number of piperidine rings is 1. The molecule has 0 bridgehead atoms. The molecular formula is C15H29N3O2. The summed E-state index contributed by atoms with van der Waals surface area (Å²) >= 11 is 0. The van der Waals surface area contributed by atoms with Crippen molar-refractivity contribution in [3.8, 4) is 0 Å². The van der Waals surface area contributed by atoms with Crippen molar-refractivity contribution in [1.82, 2.24) is 15.5 Å². The lowest BCUT2D eigenvalue weighted by Gasteiger charge is -2.35. The molecule has 2 saturated heterocycles. The number of nitrogens with one attached hydrogen (secondary N) is 2. The molecule has 2 aliphatic rings. The van der Waals surface area contributed by atoms with Crippen molar-refractivity contribution in [2.24, 2.45) is 5.92 Å². The number of carbonyl (C=O) groups excluding carboxylic acids is 1. The zero-order valence-corrected chi connectivity index (χ0v) is 13.1. The second kappa shape index (κ2) is 6.76. The Balaban J connectivity index is 1.63. The molecule has 0 unspecified atom stereocenters. The minimum absolute atomic E-state index is 0.0517. The van der Waals surface area contributed by atoms with Crippen molar-refractivity contribution in [3.05, 3.63) is 0 Å². The molecule has 0 aromatic carbocycles. The predicted octanol–water partition coefficient (Wildman–Crippen LogP) is 1.58. The first-order valence-electron chi connectivity index (χ1n) is 7.82. The molecule has 2 heterocycles. The van der Waals surface area contributed by atoms with Gasteiger partial charge in [0.15, 0.2) is 0 Å². The molecule has 2 N–H and O–H groups in total. The molecule has 0 aromatic rings. The molecule has 116 valence electrons. The third-order valence-electron chi connectivity index (χ3n) is 4.11. The van der Waals surface area contributed by atoms with Crippen molar-refractivity contribution >= 4 is 6.03 Å². The lowest BCUT2D eigenvalue weighted by atomic mass is 9.95. The SMILES string of the molecule is CC(C)(C)NC(=O)NCC1CCN([C@H]2CCOC2)CC1. The average molecular weight is 283 g/mol. The number of likely N-dealkylation sites (tertiary alicyclic amines) is 1. The summed E-state index contributed by atoms with van der Waals surface area (Å²) in [6, 6.07) is 0.581. The summed E-state index contributed by atoms with van der Waals surface area (Å²) in [5.41, 5.74) is -0.171. The lowest BCUT2D eigenvalue weighted by molar-refractivity contribution is 0.110. The van der Waals surface area contributed by atoms with E-state index in [4.69, 9.17) is 4.74 Å². The van der Waals surface area contributed by atoms with Crippen LogP contribution in [0.5, 0.6) is 0 Å². The summed E-state index contributed by atoms with van der Waals surface area (Å²) in [5.74, 6) is 0.610. The van der Waals surface area contributed by atoms with E-state index in [0.29, 0.717) is 12.0 Å². The number of nitrogens with zero attached hydrogens (tertiary/aromatic N) is 1. The summed E-state index contributed by atoms with van der Waals surface area (Å²) in [4.78, 5) is 14.3. The van der Waals surface area contributed by atoms with E-state index in [1.54, 1.807) is 0 Å². The molecule has 2 aliphatic heterocycles. The van der Waals surface area contributed by atoms with Crippen LogP contribution in [0.4, 0.5) is 4.79 Å². The van der Waals surface area contributed by atoms with Gasteiger partial charge in [-0.3, -0.25) is 4.90 Å². The van der Waals surface area contributed by atoms with E-state index in [1.807, 2.05) is 20.8 Å². The van der Waals surface area contributed by atoms with Crippen LogP contribution in [0.25, 0.3) is 0 Å². The Morgan fingerprint density at radius 3 is 2.50 bits per heavy atom. The molecule has 0 aliphatic carbocycles. The fraction of sp³-hybridized carbons (Fsp3) is 0.933. The standard InChI is InChI=1S/C15H29N3O2/c1-15(2,3)17-14(19)16-10-12-4-7-18(8-5-12)13-6-9-20-11-13/h12-13H,4-11H2,1-3H3,(H2,16,17,19)/t13-/m0/s1. The van der Waals surface area contributed by atoms with Crippen LogP contribution in [0.1, 0.15) is 40.0 Å². The van der Waals surface area contributed by atoms with Gasteiger partial charge in [-0.05, 0) is 59.0 Å². The van der Waals surface area contributed by atoms with Crippen LogP contribution >= 0.6 is 0 Å². The normalized spacial score (nSPS) is 25.6. The Morgan fingerprint density at radius 2 is 1.95 bits per heavy atom. The van der Waals surface area contributed by atoms with Gasteiger partial charge in [0, 0.05) is 24.7 Å². The molecule has 1 atom stereocenters. The zero-order chi connectivity index (χ0) is 14.6. The molecule has 5 heteroatoms. The molecule has 0 saturated carbocycles. The highest BCUT2D eigenvalue weighted by Gasteiger charge is 2.27. The van der Waals surface area contributed by atoms with E-state index in [0.717, 1.165) is 32.8 Å². The third-order valence-corrected chi connectivity index (χ3v) is 4.11. The average Bonchev–Trinajstić information content (AvgIpc) is 2.89. The maximum atomic E-state index is 11.7. The highest BCUT2D eigenvalue weighted by Crippen LogP contribution is 2.21. The van der Waals surface area contributed by atoms with E-state index in [1.165, 1.54) is 19.3 Å². The van der Waals surface area contributed by atoms with Crippen LogP contribution in [-0.2, 0) is 4.74 Å². The number of rotatable bonds is 3. The Hall–Kier alpha value is -0.810. The number of hydrogen-bond donors (Lipinski definition) is 2. The highest BCUT2D eigenvalue weighted by molar-refractivity contribution is 5.74. The van der Waals surface area contributed by atoms with Crippen molar-refractivity contribution in [2.45, 2.75) is 51.6 Å². The number of carbonyl (C=O) groups is 1. The number of hydrogen-bond acceptors (Lipinski definition) is 3. The summed E-state index contributed by atoms with van der Waals surface area (Å²) in [7, 11) is 0. The van der Waals surface area contributed by atoms with Crippen molar-refractivity contribution < 1.29 is 9.53 Å². The lowest BCUT2D eigenvalue weighted by Crippen LogP contribution is -2.49. The molecule has 2 amide bonds. The Labute approximate surface area is 122 Å². The molecule has 20 heavy (non-hydrogen) atoms. The summed E-state index contributed by atoms with van der Waals surface area (Å²) in [6.07, 6.45) is 3.52. The van der Waals surface area contributed by atoms with Crippen LogP contribution in [0.2, 0.25) is 0 Å². The fourth-order valence-electron chi connectivity index (χ4n) is 2.95. The van der Waals surface area contributed by atoms with Gasteiger partial charge in [-0.2, -0.15) is 0 Å². The molecule has 0 spiro atoms. The van der Waals surface area contributed by atoms with E-state index < -0.39 is 0 Å². The van der Waals surface area contributed by atoms with Crippen LogP contribution < -0.4 is 10.6 Å². The first-order valence-corrected chi connectivity index (χ1v) is 7.82. The second-order valence-electron chi connectivity index (χ2n) is 7.08. The largest absolute Gasteiger partial charge is 0.380 e. The van der Waals surface area contributed by atoms with Gasteiger partial charge in [0.05, 0.1) is 6.61 Å². The Bertz CT molecular complexity index is 314. The molecule has 5 nitrogen and oxygen atoms in total. The Kier molecular flexibility index (Phi) is 5.27. The van der Waals surface area contributed by atoms with Crippen LogP contribution in [-0.4, -0.2) is 55.4 Å². The number of amides is 2. The van der Waals surface area contributed by atoms with Crippen molar-refractivity contribution in [2.75, 3.05) is 32.8 Å². The van der Waals surface area contributed by atoms with Crippen LogP contribution in [0.15, 0.2) is 0 Å². The van der Waals surface area contributed by atoms with Crippen LogP contribution in [0.3, 0.4) is 0 Å². The minimum atomic E-state index is -0.171. The van der Waals surface area contributed by atoms with Gasteiger partial charge in [-0.1, -0.05) is 0 Å². The van der Waals surface area contributed by atoms with E-state index in [9.17, 15) is 4.79 Å². The van der Waals surface area contributed by atoms with E-state index in [2.05, 4.69) is 15.5 Å². The number of urea groups is 1. The Morgan fingerprint density at radius 1 is 1.25 bits per heavy atom. The molecule has 2 fully saturated rings.